The van der Waals surface area contributed by atoms with Crippen LogP contribution in [0.25, 0.3) is 0 Å². The van der Waals surface area contributed by atoms with Crippen LogP contribution in [-0.2, 0) is 9.47 Å². The first kappa shape index (κ1) is 16.8. The number of anilines is 1. The lowest BCUT2D eigenvalue weighted by atomic mass is 10.1. The molecule has 1 aromatic heterocycles. The molecule has 0 radical (unpaired) electrons. The van der Waals surface area contributed by atoms with Gasteiger partial charge in [-0.05, 0) is 45.2 Å². The molecule has 0 amide bonds. The van der Waals surface area contributed by atoms with Crippen LogP contribution in [-0.4, -0.2) is 41.2 Å². The molecule has 3 aliphatic rings. The van der Waals surface area contributed by atoms with Crippen LogP contribution in [0, 0.1) is 0 Å². The van der Waals surface area contributed by atoms with Gasteiger partial charge in [-0.1, -0.05) is 6.08 Å². The molecule has 25 heavy (non-hydrogen) atoms. The molecule has 2 fully saturated rings. The van der Waals surface area contributed by atoms with E-state index in [1.54, 1.807) is 0 Å². The van der Waals surface area contributed by atoms with Crippen molar-refractivity contribution < 1.29 is 9.47 Å². The first-order valence-electron chi connectivity index (χ1n) is 9.34. The average Bonchev–Trinajstić information content (AvgIpc) is 3.32. The summed E-state index contributed by atoms with van der Waals surface area (Å²) in [5.41, 5.74) is 0.822. The third-order valence-electron chi connectivity index (χ3n) is 5.01. The predicted octanol–water partition coefficient (Wildman–Crippen LogP) is 2.66. The maximum absolute atomic E-state index is 12.8. The highest BCUT2D eigenvalue weighted by molar-refractivity contribution is 5.47. The van der Waals surface area contributed by atoms with Crippen molar-refractivity contribution in [3.8, 4) is 0 Å². The van der Waals surface area contributed by atoms with E-state index in [1.165, 1.54) is 0 Å². The van der Waals surface area contributed by atoms with Crippen LogP contribution in [0.3, 0.4) is 0 Å². The maximum atomic E-state index is 12.8. The number of hydrazine groups is 1. The number of hydrogen-bond acceptors (Lipinski definition) is 5. The number of aromatic nitrogens is 1. The van der Waals surface area contributed by atoms with Gasteiger partial charge in [0.25, 0.3) is 5.56 Å². The summed E-state index contributed by atoms with van der Waals surface area (Å²) in [7, 11) is 0. The van der Waals surface area contributed by atoms with E-state index < -0.39 is 0 Å². The molecule has 1 saturated heterocycles. The molecule has 6 heteroatoms. The second-order valence-corrected chi connectivity index (χ2v) is 7.37. The SMILES string of the molecule is CC(C)OC1CCC(N2CC=CN2c2cccn(C3CC3)c2=O)CO1. The van der Waals surface area contributed by atoms with Crippen LogP contribution in [0.4, 0.5) is 5.69 Å². The lowest BCUT2D eigenvalue weighted by Crippen LogP contribution is -2.50. The summed E-state index contributed by atoms with van der Waals surface area (Å²) in [6, 6.07) is 4.54. The minimum Gasteiger partial charge on any atom is -0.351 e. The van der Waals surface area contributed by atoms with Crippen LogP contribution in [0.2, 0.25) is 0 Å². The topological polar surface area (TPSA) is 46.9 Å². The van der Waals surface area contributed by atoms with Crippen molar-refractivity contribution >= 4 is 5.69 Å². The van der Waals surface area contributed by atoms with Crippen molar-refractivity contribution in [3.63, 3.8) is 0 Å². The second-order valence-electron chi connectivity index (χ2n) is 7.37. The van der Waals surface area contributed by atoms with E-state index >= 15 is 0 Å². The molecule has 1 saturated carbocycles. The first-order chi connectivity index (χ1) is 12.1. The van der Waals surface area contributed by atoms with Crippen LogP contribution in [0.5, 0.6) is 0 Å². The molecule has 2 unspecified atom stereocenters. The van der Waals surface area contributed by atoms with Crippen LogP contribution in [0.15, 0.2) is 35.4 Å². The summed E-state index contributed by atoms with van der Waals surface area (Å²) in [4.78, 5) is 12.8. The quantitative estimate of drug-likeness (QED) is 0.821. The molecule has 1 aliphatic carbocycles. The fourth-order valence-electron chi connectivity index (χ4n) is 3.64. The molecular weight excluding hydrogens is 318 g/mol. The number of rotatable bonds is 5. The Morgan fingerprint density at radius 2 is 2.00 bits per heavy atom. The Morgan fingerprint density at radius 3 is 2.68 bits per heavy atom. The summed E-state index contributed by atoms with van der Waals surface area (Å²) in [6.07, 6.45) is 10.2. The number of hydrogen-bond donors (Lipinski definition) is 0. The average molecular weight is 345 g/mol. The number of pyridine rings is 1. The fourth-order valence-corrected chi connectivity index (χ4v) is 3.64. The lowest BCUT2D eigenvalue weighted by Gasteiger charge is -2.39. The summed E-state index contributed by atoms with van der Waals surface area (Å²) < 4.78 is 13.5. The van der Waals surface area contributed by atoms with Gasteiger partial charge in [0, 0.05) is 31.4 Å². The van der Waals surface area contributed by atoms with Crippen molar-refractivity contribution in [1.82, 2.24) is 9.58 Å². The molecular formula is C19H27N3O3. The third-order valence-corrected chi connectivity index (χ3v) is 5.01. The number of ether oxygens (including phenoxy) is 2. The Labute approximate surface area is 148 Å². The Bertz CT molecular complexity index is 687. The highest BCUT2D eigenvalue weighted by Crippen LogP contribution is 2.34. The van der Waals surface area contributed by atoms with Crippen molar-refractivity contribution in [2.75, 3.05) is 18.2 Å². The van der Waals surface area contributed by atoms with E-state index in [0.717, 1.165) is 37.9 Å². The minimum atomic E-state index is -0.107. The van der Waals surface area contributed by atoms with Gasteiger partial charge < -0.3 is 14.0 Å². The molecule has 3 heterocycles. The van der Waals surface area contributed by atoms with Gasteiger partial charge in [-0.15, -0.1) is 0 Å². The molecule has 0 bridgehead atoms. The van der Waals surface area contributed by atoms with Gasteiger partial charge in [0.2, 0.25) is 0 Å². The third kappa shape index (κ3) is 3.52. The van der Waals surface area contributed by atoms with E-state index in [2.05, 4.69) is 11.1 Å². The van der Waals surface area contributed by atoms with Crippen molar-refractivity contribution in [1.29, 1.82) is 0 Å². The Balaban J connectivity index is 1.47. The fraction of sp³-hybridized carbons (Fsp3) is 0.632. The molecule has 2 atom stereocenters. The zero-order valence-electron chi connectivity index (χ0n) is 15.0. The van der Waals surface area contributed by atoms with E-state index in [4.69, 9.17) is 9.47 Å². The van der Waals surface area contributed by atoms with Gasteiger partial charge in [0.1, 0.15) is 5.69 Å². The standard InChI is InChI=1S/C19H27N3O3/c1-14(2)25-18-9-8-16(13-24-18)21-11-4-12-22(21)17-5-3-10-20(19(17)23)15-6-7-15/h3-5,10,12,14-16,18H,6-9,11,13H2,1-2H3. The molecule has 1 aromatic rings. The van der Waals surface area contributed by atoms with Gasteiger partial charge >= 0.3 is 0 Å². The van der Waals surface area contributed by atoms with Gasteiger partial charge in [0.15, 0.2) is 6.29 Å². The molecule has 2 aliphatic heterocycles. The van der Waals surface area contributed by atoms with Crippen LogP contribution >= 0.6 is 0 Å². The zero-order valence-corrected chi connectivity index (χ0v) is 15.0. The molecule has 0 spiro atoms. The van der Waals surface area contributed by atoms with Gasteiger partial charge in [-0.25, -0.2) is 5.01 Å². The first-order valence-corrected chi connectivity index (χ1v) is 9.34. The van der Waals surface area contributed by atoms with Crippen molar-refractivity contribution in [2.45, 2.75) is 64.0 Å². The lowest BCUT2D eigenvalue weighted by molar-refractivity contribution is -0.194. The smallest absolute Gasteiger partial charge is 0.276 e. The molecule has 0 aromatic carbocycles. The van der Waals surface area contributed by atoms with Gasteiger partial charge in [-0.3, -0.25) is 9.80 Å². The monoisotopic (exact) mass is 345 g/mol. The van der Waals surface area contributed by atoms with E-state index in [-0.39, 0.29) is 24.0 Å². The van der Waals surface area contributed by atoms with Crippen LogP contribution < -0.4 is 10.6 Å². The Hall–Kier alpha value is -1.63. The maximum Gasteiger partial charge on any atom is 0.276 e. The molecule has 136 valence electrons. The number of nitrogens with zero attached hydrogens (tertiary/aromatic N) is 3. The zero-order chi connectivity index (χ0) is 17.4. The second kappa shape index (κ2) is 6.94. The van der Waals surface area contributed by atoms with Crippen molar-refractivity contribution in [2.24, 2.45) is 0 Å². The van der Waals surface area contributed by atoms with Gasteiger partial charge in [-0.2, -0.15) is 0 Å². The summed E-state index contributed by atoms with van der Waals surface area (Å²) in [5.74, 6) is 0. The molecule has 0 N–H and O–H groups in total. The molecule has 6 nitrogen and oxygen atoms in total. The largest absolute Gasteiger partial charge is 0.351 e. The van der Waals surface area contributed by atoms with Crippen LogP contribution in [0.1, 0.15) is 45.6 Å². The normalized spacial score (nSPS) is 27.4. The Morgan fingerprint density at radius 1 is 1.20 bits per heavy atom. The summed E-state index contributed by atoms with van der Waals surface area (Å²) in [5, 5.41) is 4.25. The van der Waals surface area contributed by atoms with E-state index in [1.807, 2.05) is 48.0 Å². The highest BCUT2D eigenvalue weighted by atomic mass is 16.7. The Kier molecular flexibility index (Phi) is 4.67. The van der Waals surface area contributed by atoms with Crippen molar-refractivity contribution in [3.05, 3.63) is 41.0 Å². The minimum absolute atomic E-state index is 0.0966. The van der Waals surface area contributed by atoms with E-state index in [9.17, 15) is 4.79 Å². The molecule has 4 rings (SSSR count). The highest BCUT2D eigenvalue weighted by Gasteiger charge is 2.33. The van der Waals surface area contributed by atoms with E-state index in [0.29, 0.717) is 12.6 Å². The summed E-state index contributed by atoms with van der Waals surface area (Å²) >= 11 is 0. The summed E-state index contributed by atoms with van der Waals surface area (Å²) in [6.45, 7) is 5.49. The van der Waals surface area contributed by atoms with Gasteiger partial charge in [0.05, 0.1) is 18.8 Å². The predicted molar refractivity (Wildman–Crippen MR) is 96.3 cm³/mol.